The highest BCUT2D eigenvalue weighted by molar-refractivity contribution is 5.97. The number of aryl methyl sites for hydroxylation is 2. The van der Waals surface area contributed by atoms with Gasteiger partial charge in [-0.2, -0.15) is 5.10 Å². The molecule has 0 bridgehead atoms. The average Bonchev–Trinajstić information content (AvgIpc) is 3.25. The molecule has 3 N–H and O–H groups in total. The minimum absolute atomic E-state index is 0.154. The third kappa shape index (κ3) is 4.60. The van der Waals surface area contributed by atoms with E-state index in [9.17, 15) is 9.59 Å². The van der Waals surface area contributed by atoms with Crippen molar-refractivity contribution in [2.45, 2.75) is 46.6 Å². The highest BCUT2D eigenvalue weighted by Crippen LogP contribution is 2.25. The molecule has 7 nitrogen and oxygen atoms in total. The van der Waals surface area contributed by atoms with E-state index in [4.69, 9.17) is 4.42 Å². The SMILES string of the molecule is Cc1cc2occ(CC(=O)NC(CC(C)C)C(=O)Nc3ccn[nH]3)c2cc1C. The Labute approximate surface area is 163 Å². The number of fused-ring (bicyclic) bond motifs is 1. The third-order valence-corrected chi connectivity index (χ3v) is 4.74. The van der Waals surface area contributed by atoms with E-state index < -0.39 is 6.04 Å². The van der Waals surface area contributed by atoms with Gasteiger partial charge in [0.25, 0.3) is 0 Å². The molecule has 1 aromatic carbocycles. The van der Waals surface area contributed by atoms with E-state index in [-0.39, 0.29) is 24.2 Å². The second-order valence-corrected chi connectivity index (χ2v) is 7.58. The first kappa shape index (κ1) is 19.7. The van der Waals surface area contributed by atoms with E-state index in [2.05, 4.69) is 20.8 Å². The van der Waals surface area contributed by atoms with Crippen LogP contribution >= 0.6 is 0 Å². The maximum absolute atomic E-state index is 12.7. The molecule has 3 rings (SSSR count). The number of amides is 2. The normalized spacial score (nSPS) is 12.3. The lowest BCUT2D eigenvalue weighted by molar-refractivity contribution is -0.126. The fraction of sp³-hybridized carbons (Fsp3) is 0.381. The molecular weight excluding hydrogens is 356 g/mol. The Balaban J connectivity index is 1.71. The van der Waals surface area contributed by atoms with Crippen molar-refractivity contribution in [1.82, 2.24) is 15.5 Å². The summed E-state index contributed by atoms with van der Waals surface area (Å²) in [6, 6.07) is 5.05. The lowest BCUT2D eigenvalue weighted by Crippen LogP contribution is -2.45. The molecule has 1 atom stereocenters. The fourth-order valence-electron chi connectivity index (χ4n) is 3.14. The van der Waals surface area contributed by atoms with Gasteiger partial charge in [-0.1, -0.05) is 13.8 Å². The zero-order valence-corrected chi connectivity index (χ0v) is 16.6. The van der Waals surface area contributed by atoms with Crippen LogP contribution in [0, 0.1) is 19.8 Å². The molecule has 0 saturated carbocycles. The molecule has 0 fully saturated rings. The molecule has 0 aliphatic heterocycles. The molecule has 0 aliphatic carbocycles. The molecule has 2 heterocycles. The van der Waals surface area contributed by atoms with Crippen LogP contribution in [0.5, 0.6) is 0 Å². The number of hydrogen-bond donors (Lipinski definition) is 3. The predicted octanol–water partition coefficient (Wildman–Crippen LogP) is 3.48. The van der Waals surface area contributed by atoms with Crippen molar-refractivity contribution in [1.29, 1.82) is 0 Å². The van der Waals surface area contributed by atoms with Crippen LogP contribution < -0.4 is 10.6 Å². The van der Waals surface area contributed by atoms with Gasteiger partial charge in [0.05, 0.1) is 18.9 Å². The summed E-state index contributed by atoms with van der Waals surface area (Å²) in [6.45, 7) is 8.08. The molecule has 3 aromatic rings. The number of carbonyl (C=O) groups excluding carboxylic acids is 2. The van der Waals surface area contributed by atoms with Crippen LogP contribution in [0.4, 0.5) is 5.82 Å². The van der Waals surface area contributed by atoms with Crippen LogP contribution in [-0.2, 0) is 16.0 Å². The number of H-pyrrole nitrogens is 1. The van der Waals surface area contributed by atoms with Gasteiger partial charge in [0.2, 0.25) is 11.8 Å². The minimum atomic E-state index is -0.627. The van der Waals surface area contributed by atoms with Crippen molar-refractivity contribution in [2.24, 2.45) is 5.92 Å². The molecule has 2 amide bonds. The van der Waals surface area contributed by atoms with E-state index in [1.807, 2.05) is 39.8 Å². The number of aromatic amines is 1. The van der Waals surface area contributed by atoms with Gasteiger partial charge in [0.1, 0.15) is 17.4 Å². The number of nitrogens with zero attached hydrogens (tertiary/aromatic N) is 1. The predicted molar refractivity (Wildman–Crippen MR) is 108 cm³/mol. The van der Waals surface area contributed by atoms with E-state index in [1.54, 1.807) is 18.5 Å². The minimum Gasteiger partial charge on any atom is -0.464 e. The second kappa shape index (κ2) is 8.29. The smallest absolute Gasteiger partial charge is 0.248 e. The van der Waals surface area contributed by atoms with Crippen molar-refractivity contribution in [2.75, 3.05) is 5.32 Å². The summed E-state index contributed by atoms with van der Waals surface area (Å²) in [7, 11) is 0. The van der Waals surface area contributed by atoms with Crippen molar-refractivity contribution < 1.29 is 14.0 Å². The largest absolute Gasteiger partial charge is 0.464 e. The Morgan fingerprint density at radius 1 is 1.21 bits per heavy atom. The van der Waals surface area contributed by atoms with E-state index in [1.165, 1.54) is 0 Å². The van der Waals surface area contributed by atoms with Crippen molar-refractivity contribution in [3.63, 3.8) is 0 Å². The number of carbonyl (C=O) groups is 2. The lowest BCUT2D eigenvalue weighted by Gasteiger charge is -2.19. The van der Waals surface area contributed by atoms with E-state index in [0.29, 0.717) is 12.2 Å². The van der Waals surface area contributed by atoms with Crippen molar-refractivity contribution in [3.05, 3.63) is 47.3 Å². The zero-order valence-electron chi connectivity index (χ0n) is 16.6. The van der Waals surface area contributed by atoms with Gasteiger partial charge >= 0.3 is 0 Å². The molecule has 0 saturated heterocycles. The number of rotatable bonds is 7. The maximum Gasteiger partial charge on any atom is 0.248 e. The second-order valence-electron chi connectivity index (χ2n) is 7.58. The van der Waals surface area contributed by atoms with Gasteiger partial charge in [-0.3, -0.25) is 14.7 Å². The van der Waals surface area contributed by atoms with Gasteiger partial charge in [-0.25, -0.2) is 0 Å². The molecule has 1 unspecified atom stereocenters. The van der Waals surface area contributed by atoms with E-state index >= 15 is 0 Å². The number of hydrogen-bond acceptors (Lipinski definition) is 4. The average molecular weight is 382 g/mol. The first-order chi connectivity index (χ1) is 13.3. The number of benzene rings is 1. The summed E-state index contributed by atoms with van der Waals surface area (Å²) in [5.41, 5.74) is 3.87. The third-order valence-electron chi connectivity index (χ3n) is 4.74. The van der Waals surface area contributed by atoms with Gasteiger partial charge in [-0.15, -0.1) is 0 Å². The van der Waals surface area contributed by atoms with Gasteiger partial charge in [0, 0.05) is 17.0 Å². The van der Waals surface area contributed by atoms with Crippen LogP contribution in [0.25, 0.3) is 11.0 Å². The quantitative estimate of drug-likeness (QED) is 0.582. The Bertz CT molecular complexity index is 973. The van der Waals surface area contributed by atoms with Gasteiger partial charge < -0.3 is 15.1 Å². The maximum atomic E-state index is 12.7. The van der Waals surface area contributed by atoms with Crippen LogP contribution in [0.3, 0.4) is 0 Å². The Kier molecular flexibility index (Phi) is 5.82. The molecule has 7 heteroatoms. The highest BCUT2D eigenvalue weighted by atomic mass is 16.3. The Hall–Kier alpha value is -3.09. The van der Waals surface area contributed by atoms with E-state index in [0.717, 1.165) is 27.7 Å². The lowest BCUT2D eigenvalue weighted by atomic mass is 10.0. The monoisotopic (exact) mass is 382 g/mol. The summed E-state index contributed by atoms with van der Waals surface area (Å²) >= 11 is 0. The molecule has 0 radical (unpaired) electrons. The Morgan fingerprint density at radius 3 is 2.64 bits per heavy atom. The molecule has 0 aliphatic rings. The summed E-state index contributed by atoms with van der Waals surface area (Å²) in [6.07, 6.45) is 3.86. The Morgan fingerprint density at radius 2 is 1.96 bits per heavy atom. The van der Waals surface area contributed by atoms with Crippen molar-refractivity contribution in [3.8, 4) is 0 Å². The van der Waals surface area contributed by atoms with Crippen LogP contribution in [0.2, 0.25) is 0 Å². The molecule has 148 valence electrons. The number of furan rings is 1. The summed E-state index contributed by atoms with van der Waals surface area (Å²) < 4.78 is 5.60. The fourth-order valence-corrected chi connectivity index (χ4v) is 3.14. The van der Waals surface area contributed by atoms with Gasteiger partial charge in [-0.05, 0) is 49.4 Å². The molecule has 0 spiro atoms. The molecular formula is C21H26N4O3. The summed E-state index contributed by atoms with van der Waals surface area (Å²) in [4.78, 5) is 25.2. The molecule has 2 aromatic heterocycles. The highest BCUT2D eigenvalue weighted by Gasteiger charge is 2.23. The summed E-state index contributed by atoms with van der Waals surface area (Å²) in [5.74, 6) is 0.263. The topological polar surface area (TPSA) is 100 Å². The van der Waals surface area contributed by atoms with Crippen LogP contribution in [0.1, 0.15) is 37.0 Å². The van der Waals surface area contributed by atoms with Gasteiger partial charge in [0.15, 0.2) is 0 Å². The number of aromatic nitrogens is 2. The number of nitrogens with one attached hydrogen (secondary N) is 3. The van der Waals surface area contributed by atoms with Crippen LogP contribution in [0.15, 0.2) is 35.1 Å². The molecule has 28 heavy (non-hydrogen) atoms. The van der Waals surface area contributed by atoms with Crippen molar-refractivity contribution >= 4 is 28.6 Å². The standard InChI is InChI=1S/C21H26N4O3/c1-12(2)7-17(21(27)24-19-5-6-22-25-19)23-20(26)10-15-11-28-18-9-14(4)13(3)8-16(15)18/h5-6,8-9,11-12,17H,7,10H2,1-4H3,(H,23,26)(H2,22,24,25,27). The van der Waals surface area contributed by atoms with Crippen LogP contribution in [-0.4, -0.2) is 28.1 Å². The first-order valence-electron chi connectivity index (χ1n) is 9.40. The number of anilines is 1. The zero-order chi connectivity index (χ0) is 20.3. The first-order valence-corrected chi connectivity index (χ1v) is 9.40. The summed E-state index contributed by atoms with van der Waals surface area (Å²) in [5, 5.41) is 13.0.